The Bertz CT molecular complexity index is 1660. The van der Waals surface area contributed by atoms with Crippen LogP contribution in [-0.2, 0) is 5.41 Å². The molecule has 0 aliphatic heterocycles. The predicted molar refractivity (Wildman–Crippen MR) is 167 cm³/mol. The molecule has 0 heterocycles. The van der Waals surface area contributed by atoms with Gasteiger partial charge in [0, 0.05) is 11.3 Å². The van der Waals surface area contributed by atoms with Crippen molar-refractivity contribution in [3.05, 3.63) is 155 Å². The van der Waals surface area contributed by atoms with Crippen LogP contribution in [0.25, 0.3) is 22.3 Å². The molecule has 0 nitrogen and oxygen atoms in total. The summed E-state index contributed by atoms with van der Waals surface area (Å²) in [6.07, 6.45) is 3.72. The van der Waals surface area contributed by atoms with Crippen molar-refractivity contribution in [1.29, 1.82) is 0 Å². The summed E-state index contributed by atoms with van der Waals surface area (Å²) in [5, 5.41) is 0. The van der Waals surface area contributed by atoms with Gasteiger partial charge in [0.25, 0.3) is 0 Å². The van der Waals surface area contributed by atoms with Crippen LogP contribution in [0.5, 0.6) is 0 Å². The maximum Gasteiger partial charge on any atom is 0.0158 e. The van der Waals surface area contributed by atoms with Gasteiger partial charge in [0.15, 0.2) is 0 Å². The van der Waals surface area contributed by atoms with E-state index in [2.05, 4.69) is 135 Å². The van der Waals surface area contributed by atoms with Crippen LogP contribution < -0.4 is 0 Å². The fraction of sp³-hybridized carbons (Fsp3) is 0.250. The van der Waals surface area contributed by atoms with Crippen molar-refractivity contribution in [2.45, 2.75) is 56.3 Å². The van der Waals surface area contributed by atoms with Crippen LogP contribution in [0.1, 0.15) is 84.2 Å². The van der Waals surface area contributed by atoms with Crippen LogP contribution in [0.2, 0.25) is 0 Å². The van der Waals surface area contributed by atoms with Crippen molar-refractivity contribution in [1.82, 2.24) is 0 Å². The third-order valence-electron chi connectivity index (χ3n) is 10.4. The van der Waals surface area contributed by atoms with Crippen molar-refractivity contribution < 1.29 is 0 Å². The Morgan fingerprint density at radius 2 is 1.05 bits per heavy atom. The molecule has 3 unspecified atom stereocenters. The summed E-state index contributed by atoms with van der Waals surface area (Å²) in [6, 6.07) is 46.2. The number of benzene rings is 5. The van der Waals surface area contributed by atoms with Crippen LogP contribution in [-0.4, -0.2) is 0 Å². The van der Waals surface area contributed by atoms with Gasteiger partial charge in [0.1, 0.15) is 0 Å². The molecule has 0 bridgehead atoms. The molecule has 0 amide bonds. The van der Waals surface area contributed by atoms with E-state index >= 15 is 0 Å². The summed E-state index contributed by atoms with van der Waals surface area (Å²) < 4.78 is 0. The van der Waals surface area contributed by atoms with Gasteiger partial charge in [-0.25, -0.2) is 0 Å². The van der Waals surface area contributed by atoms with Gasteiger partial charge in [-0.3, -0.25) is 0 Å². The second kappa shape index (κ2) is 9.07. The molecule has 1 fully saturated rings. The third kappa shape index (κ3) is 3.58. The Morgan fingerprint density at radius 3 is 1.73 bits per heavy atom. The van der Waals surface area contributed by atoms with Gasteiger partial charge in [-0.05, 0) is 98.7 Å². The van der Waals surface area contributed by atoms with Crippen molar-refractivity contribution in [3.8, 4) is 22.3 Å². The number of rotatable bonds is 3. The molecule has 196 valence electrons. The fourth-order valence-electron chi connectivity index (χ4n) is 8.57. The summed E-state index contributed by atoms with van der Waals surface area (Å²) in [7, 11) is 0. The van der Waals surface area contributed by atoms with Crippen molar-refractivity contribution >= 4 is 0 Å². The van der Waals surface area contributed by atoms with Crippen LogP contribution >= 0.6 is 0 Å². The van der Waals surface area contributed by atoms with Gasteiger partial charge in [0.05, 0.1) is 0 Å². The Morgan fingerprint density at radius 1 is 0.475 bits per heavy atom. The van der Waals surface area contributed by atoms with Crippen LogP contribution in [0, 0.1) is 5.92 Å². The molecule has 5 aromatic carbocycles. The van der Waals surface area contributed by atoms with E-state index in [0.29, 0.717) is 23.7 Å². The van der Waals surface area contributed by atoms with E-state index in [1.807, 2.05) is 0 Å². The maximum atomic E-state index is 2.62. The van der Waals surface area contributed by atoms with Crippen LogP contribution in [0.3, 0.4) is 0 Å². The first-order chi connectivity index (χ1) is 19.6. The van der Waals surface area contributed by atoms with Gasteiger partial charge in [-0.15, -0.1) is 0 Å². The molecule has 0 N–H and O–H groups in total. The molecule has 0 aromatic heterocycles. The molecule has 1 saturated carbocycles. The molecule has 0 saturated heterocycles. The first-order valence-corrected chi connectivity index (χ1v) is 15.1. The lowest BCUT2D eigenvalue weighted by atomic mass is 9.65. The van der Waals surface area contributed by atoms with E-state index in [-0.39, 0.29) is 5.41 Å². The quantitative estimate of drug-likeness (QED) is 0.224. The van der Waals surface area contributed by atoms with E-state index < -0.39 is 0 Å². The molecule has 5 aromatic rings. The van der Waals surface area contributed by atoms with Gasteiger partial charge < -0.3 is 0 Å². The van der Waals surface area contributed by atoms with Gasteiger partial charge in [-0.2, -0.15) is 0 Å². The first kappa shape index (κ1) is 23.9. The molecule has 0 heteroatoms. The summed E-state index contributed by atoms with van der Waals surface area (Å²) in [4.78, 5) is 0. The average molecular weight is 517 g/mol. The predicted octanol–water partition coefficient (Wildman–Crippen LogP) is 10.5. The molecule has 0 radical (unpaired) electrons. The fourth-order valence-corrected chi connectivity index (χ4v) is 8.57. The highest BCUT2D eigenvalue weighted by Crippen LogP contribution is 2.59. The molecule has 3 atom stereocenters. The van der Waals surface area contributed by atoms with Gasteiger partial charge in [-0.1, -0.05) is 129 Å². The van der Waals surface area contributed by atoms with E-state index in [0.717, 1.165) is 0 Å². The summed E-state index contributed by atoms with van der Waals surface area (Å²) in [5.74, 6) is 2.19. The zero-order chi connectivity index (χ0) is 26.8. The Labute approximate surface area is 238 Å². The highest BCUT2D eigenvalue weighted by molar-refractivity contribution is 5.89. The Hall–Kier alpha value is -3.90. The molecular weight excluding hydrogens is 480 g/mol. The minimum Gasteiger partial charge on any atom is -0.0622 e. The number of hydrogen-bond donors (Lipinski definition) is 0. The minimum absolute atomic E-state index is 0.0198. The Kier molecular flexibility index (Phi) is 5.43. The topological polar surface area (TPSA) is 0 Å². The summed E-state index contributed by atoms with van der Waals surface area (Å²) in [6.45, 7) is 4.83. The first-order valence-electron chi connectivity index (χ1n) is 15.1. The highest BCUT2D eigenvalue weighted by atomic mass is 14.5. The zero-order valence-electron chi connectivity index (χ0n) is 23.5. The summed E-state index contributed by atoms with van der Waals surface area (Å²) >= 11 is 0. The number of hydrogen-bond acceptors (Lipinski definition) is 0. The SMILES string of the molecule is CC1(C)c2ccccc2-c2cc3c(cc21)C(C1CC(c2ccccc2)CC(c2ccccc2)C1)c1ccccc1-3. The zero-order valence-corrected chi connectivity index (χ0v) is 23.5. The molecule has 0 spiro atoms. The molecular formula is C40H36. The minimum atomic E-state index is 0.0198. The number of fused-ring (bicyclic) bond motifs is 6. The monoisotopic (exact) mass is 516 g/mol. The van der Waals surface area contributed by atoms with Gasteiger partial charge in [0.2, 0.25) is 0 Å². The van der Waals surface area contributed by atoms with E-state index in [9.17, 15) is 0 Å². The van der Waals surface area contributed by atoms with E-state index in [1.54, 1.807) is 5.56 Å². The average Bonchev–Trinajstić information content (AvgIpc) is 3.45. The van der Waals surface area contributed by atoms with Crippen molar-refractivity contribution in [3.63, 3.8) is 0 Å². The standard InChI is InChI=1S/C40H36/c1-40(2)37-20-12-11-18-32(37)35-24-34-31-17-9-10-19-33(31)39(36(34)25-38(35)40)30-22-28(26-13-5-3-6-14-26)21-29(23-30)27-15-7-4-8-16-27/h3-20,24-25,28-30,39H,21-23H2,1-2H3. The Balaban J connectivity index is 1.28. The van der Waals surface area contributed by atoms with Crippen LogP contribution in [0.15, 0.2) is 121 Å². The normalized spacial score (nSPS) is 23.6. The largest absolute Gasteiger partial charge is 0.0622 e. The van der Waals surface area contributed by atoms with Crippen molar-refractivity contribution in [2.24, 2.45) is 5.92 Å². The second-order valence-corrected chi connectivity index (χ2v) is 12.9. The van der Waals surface area contributed by atoms with E-state index in [4.69, 9.17) is 0 Å². The molecule has 40 heavy (non-hydrogen) atoms. The van der Waals surface area contributed by atoms with Gasteiger partial charge >= 0.3 is 0 Å². The lowest BCUT2D eigenvalue weighted by molar-refractivity contribution is 0.268. The lowest BCUT2D eigenvalue weighted by Crippen LogP contribution is -2.25. The lowest BCUT2D eigenvalue weighted by Gasteiger charge is -2.39. The van der Waals surface area contributed by atoms with E-state index in [1.165, 1.54) is 69.3 Å². The third-order valence-corrected chi connectivity index (χ3v) is 10.4. The van der Waals surface area contributed by atoms with Crippen LogP contribution in [0.4, 0.5) is 0 Å². The second-order valence-electron chi connectivity index (χ2n) is 12.9. The molecule has 8 rings (SSSR count). The molecule has 3 aliphatic carbocycles. The smallest absolute Gasteiger partial charge is 0.0158 e. The highest BCUT2D eigenvalue weighted by Gasteiger charge is 2.43. The summed E-state index contributed by atoms with van der Waals surface area (Å²) in [5.41, 5.74) is 14.9. The van der Waals surface area contributed by atoms with Crippen molar-refractivity contribution in [2.75, 3.05) is 0 Å². The molecule has 3 aliphatic rings. The maximum absolute atomic E-state index is 2.62.